The Hall–Kier alpha value is -5.41. The fraction of sp³-hybridized carbons (Fsp3) is 0. The van der Waals surface area contributed by atoms with Crippen LogP contribution in [-0.2, 0) is 0 Å². The first-order valence-electron chi connectivity index (χ1n) is 13.7. The van der Waals surface area contributed by atoms with E-state index in [1.54, 1.807) is 0 Å². The average molecular weight is 510 g/mol. The van der Waals surface area contributed by atoms with Crippen molar-refractivity contribution in [3.05, 3.63) is 140 Å². The quantitative estimate of drug-likeness (QED) is 0.213. The summed E-state index contributed by atoms with van der Waals surface area (Å²) in [6.45, 7) is 0. The third-order valence-electron chi connectivity index (χ3n) is 8.32. The summed E-state index contributed by atoms with van der Waals surface area (Å²) in [5, 5.41) is 7.45. The van der Waals surface area contributed by atoms with Gasteiger partial charge in [0.05, 0.1) is 27.6 Å². The van der Waals surface area contributed by atoms with E-state index < -0.39 is 0 Å². The number of benzene rings is 5. The van der Waals surface area contributed by atoms with Gasteiger partial charge in [0.25, 0.3) is 0 Å². The summed E-state index contributed by atoms with van der Waals surface area (Å²) in [5.41, 5.74) is 8.34. The number of pyridine rings is 2. The Morgan fingerprint density at radius 1 is 0.450 bits per heavy atom. The molecule has 0 spiro atoms. The molecular formula is C37H23N3. The molecule has 0 fully saturated rings. The Balaban J connectivity index is 1.53. The molecule has 0 aliphatic heterocycles. The van der Waals surface area contributed by atoms with Gasteiger partial charge >= 0.3 is 0 Å². The van der Waals surface area contributed by atoms with E-state index in [9.17, 15) is 0 Å². The number of hydrogen-bond donors (Lipinski definition) is 0. The van der Waals surface area contributed by atoms with Gasteiger partial charge in [0.15, 0.2) is 0 Å². The fourth-order valence-corrected chi connectivity index (χ4v) is 6.62. The van der Waals surface area contributed by atoms with Crippen LogP contribution in [0.4, 0.5) is 0 Å². The summed E-state index contributed by atoms with van der Waals surface area (Å²) in [4.78, 5) is 4.96. The number of aromatic nitrogens is 3. The zero-order valence-electron chi connectivity index (χ0n) is 21.6. The number of hydrogen-bond acceptors (Lipinski definition) is 1. The minimum atomic E-state index is 0.919. The highest BCUT2D eigenvalue weighted by molar-refractivity contribution is 6.28. The molecule has 186 valence electrons. The van der Waals surface area contributed by atoms with E-state index in [-0.39, 0.29) is 0 Å². The lowest BCUT2D eigenvalue weighted by Crippen LogP contribution is -1.99. The largest absolute Gasteiger partial charge is 0.309 e. The van der Waals surface area contributed by atoms with Gasteiger partial charge in [-0.3, -0.25) is 4.57 Å². The minimum absolute atomic E-state index is 0.919. The summed E-state index contributed by atoms with van der Waals surface area (Å²) in [7, 11) is 0. The van der Waals surface area contributed by atoms with Crippen LogP contribution in [0.25, 0.3) is 76.8 Å². The van der Waals surface area contributed by atoms with Crippen molar-refractivity contribution in [2.45, 2.75) is 0 Å². The van der Waals surface area contributed by atoms with Crippen LogP contribution in [0.1, 0.15) is 0 Å². The first kappa shape index (κ1) is 21.5. The molecule has 3 nitrogen and oxygen atoms in total. The topological polar surface area (TPSA) is 22.2 Å². The van der Waals surface area contributed by atoms with Gasteiger partial charge in [0.1, 0.15) is 5.82 Å². The second-order valence-corrected chi connectivity index (χ2v) is 10.4. The van der Waals surface area contributed by atoms with Gasteiger partial charge in [-0.2, -0.15) is 0 Å². The Bertz CT molecular complexity index is 2430. The third kappa shape index (κ3) is 2.86. The fourth-order valence-electron chi connectivity index (χ4n) is 6.62. The molecule has 0 radical (unpaired) electrons. The molecule has 4 heterocycles. The molecule has 0 saturated carbocycles. The number of rotatable bonds is 2. The van der Waals surface area contributed by atoms with Crippen molar-refractivity contribution in [3.8, 4) is 16.9 Å². The van der Waals surface area contributed by atoms with Gasteiger partial charge in [0.2, 0.25) is 0 Å². The van der Waals surface area contributed by atoms with Crippen molar-refractivity contribution >= 4 is 59.9 Å². The maximum absolute atomic E-state index is 4.96. The summed E-state index contributed by atoms with van der Waals surface area (Å²) < 4.78 is 4.80. The van der Waals surface area contributed by atoms with Crippen molar-refractivity contribution in [3.63, 3.8) is 0 Å². The number of fused-ring (bicyclic) bond motifs is 12. The van der Waals surface area contributed by atoms with E-state index in [0.717, 1.165) is 16.9 Å². The maximum Gasteiger partial charge on any atom is 0.138 e. The Morgan fingerprint density at radius 3 is 1.98 bits per heavy atom. The van der Waals surface area contributed by atoms with Gasteiger partial charge in [-0.05, 0) is 52.9 Å². The lowest BCUT2D eigenvalue weighted by atomic mass is 10.0. The molecule has 9 rings (SSSR count). The van der Waals surface area contributed by atoms with E-state index in [1.807, 2.05) is 6.20 Å². The Labute approximate surface area is 230 Å². The van der Waals surface area contributed by atoms with Crippen LogP contribution in [-0.4, -0.2) is 14.0 Å². The summed E-state index contributed by atoms with van der Waals surface area (Å²) in [6, 6.07) is 47.9. The van der Waals surface area contributed by atoms with Crippen molar-refractivity contribution in [2.24, 2.45) is 0 Å². The molecule has 0 unspecified atom stereocenters. The standard InChI is InChI=1S/C37H23N3/c1-2-10-24(11-3-1)25-20-21-38-35(23-25)40-33-17-9-6-14-28(33)30-19-18-29-27-13-5-8-16-32(27)39-31-15-7-4-12-26(31)22-34(39)36(29)37(30)40/h1-23H. The van der Waals surface area contributed by atoms with E-state index in [2.05, 4.69) is 142 Å². The van der Waals surface area contributed by atoms with Crippen LogP contribution < -0.4 is 0 Å². The molecule has 0 amide bonds. The third-order valence-corrected chi connectivity index (χ3v) is 8.32. The lowest BCUT2D eigenvalue weighted by molar-refractivity contribution is 1.08. The lowest BCUT2D eigenvalue weighted by Gasteiger charge is -2.14. The van der Waals surface area contributed by atoms with Crippen LogP contribution in [0.15, 0.2) is 140 Å². The second-order valence-electron chi connectivity index (χ2n) is 10.4. The first-order valence-corrected chi connectivity index (χ1v) is 13.7. The van der Waals surface area contributed by atoms with Gasteiger partial charge in [-0.1, -0.05) is 97.1 Å². The molecule has 40 heavy (non-hydrogen) atoms. The first-order chi connectivity index (χ1) is 19.9. The highest BCUT2D eigenvalue weighted by Gasteiger charge is 2.20. The smallest absolute Gasteiger partial charge is 0.138 e. The Morgan fingerprint density at radius 2 is 1.12 bits per heavy atom. The van der Waals surface area contributed by atoms with Crippen LogP contribution in [0.3, 0.4) is 0 Å². The average Bonchev–Trinajstić information content (AvgIpc) is 3.58. The predicted octanol–water partition coefficient (Wildman–Crippen LogP) is 9.56. The highest BCUT2D eigenvalue weighted by Crippen LogP contribution is 2.42. The molecule has 9 aromatic rings. The van der Waals surface area contributed by atoms with Gasteiger partial charge in [-0.15, -0.1) is 0 Å². The monoisotopic (exact) mass is 509 g/mol. The van der Waals surface area contributed by atoms with Crippen LogP contribution in [0.5, 0.6) is 0 Å². The molecule has 0 aliphatic carbocycles. The zero-order chi connectivity index (χ0) is 26.2. The molecule has 0 N–H and O–H groups in total. The normalized spacial score (nSPS) is 12.0. The second kappa shape index (κ2) is 8.05. The van der Waals surface area contributed by atoms with Crippen LogP contribution in [0, 0.1) is 0 Å². The van der Waals surface area contributed by atoms with E-state index in [1.165, 1.54) is 59.9 Å². The van der Waals surface area contributed by atoms with Crippen LogP contribution >= 0.6 is 0 Å². The van der Waals surface area contributed by atoms with Crippen molar-refractivity contribution in [2.75, 3.05) is 0 Å². The summed E-state index contributed by atoms with van der Waals surface area (Å²) in [5.74, 6) is 0.919. The highest BCUT2D eigenvalue weighted by atomic mass is 15.1. The van der Waals surface area contributed by atoms with E-state index in [0.29, 0.717) is 0 Å². The summed E-state index contributed by atoms with van der Waals surface area (Å²) >= 11 is 0. The molecular weight excluding hydrogens is 486 g/mol. The van der Waals surface area contributed by atoms with Crippen molar-refractivity contribution in [1.82, 2.24) is 14.0 Å². The maximum atomic E-state index is 4.96. The molecule has 0 aliphatic rings. The number of nitrogens with zero attached hydrogens (tertiary/aromatic N) is 3. The zero-order valence-corrected chi connectivity index (χ0v) is 21.6. The van der Waals surface area contributed by atoms with Crippen molar-refractivity contribution in [1.29, 1.82) is 0 Å². The molecule has 5 aromatic carbocycles. The molecule has 0 atom stereocenters. The molecule has 4 aromatic heterocycles. The van der Waals surface area contributed by atoms with Crippen LogP contribution in [0.2, 0.25) is 0 Å². The Kier molecular flexibility index (Phi) is 4.33. The molecule has 3 heteroatoms. The van der Waals surface area contributed by atoms with Crippen molar-refractivity contribution < 1.29 is 0 Å². The molecule has 0 bridgehead atoms. The van der Waals surface area contributed by atoms with Gasteiger partial charge in [-0.25, -0.2) is 4.98 Å². The minimum Gasteiger partial charge on any atom is -0.309 e. The predicted molar refractivity (Wildman–Crippen MR) is 167 cm³/mol. The van der Waals surface area contributed by atoms with E-state index >= 15 is 0 Å². The SMILES string of the molecule is c1ccc(-c2ccnc(-n3c4ccccc4c4ccc5c6ccccc6n6c7ccccc7cc6c5c43)c2)cc1. The summed E-state index contributed by atoms with van der Waals surface area (Å²) in [6.07, 6.45) is 1.93. The molecule has 0 saturated heterocycles. The number of para-hydroxylation sites is 3. The van der Waals surface area contributed by atoms with Gasteiger partial charge in [0, 0.05) is 33.1 Å². The van der Waals surface area contributed by atoms with Gasteiger partial charge < -0.3 is 4.40 Å². The van der Waals surface area contributed by atoms with E-state index in [4.69, 9.17) is 4.98 Å².